The summed E-state index contributed by atoms with van der Waals surface area (Å²) in [6, 6.07) is 28.0. The van der Waals surface area contributed by atoms with Crippen molar-refractivity contribution in [3.63, 3.8) is 0 Å². The van der Waals surface area contributed by atoms with Crippen molar-refractivity contribution in [1.82, 2.24) is 0 Å². The number of hydrogen-bond acceptors (Lipinski definition) is 6. The van der Waals surface area contributed by atoms with Crippen LogP contribution in [0.2, 0.25) is 5.02 Å². The molecule has 0 saturated carbocycles. The first-order valence-electron chi connectivity index (χ1n) is 15.1. The highest BCUT2D eigenvalue weighted by Gasteiger charge is 2.41. The molecule has 0 aromatic heterocycles. The first-order chi connectivity index (χ1) is 21.9. The number of para-hydroxylation sites is 2. The zero-order chi connectivity index (χ0) is 31.5. The summed E-state index contributed by atoms with van der Waals surface area (Å²) in [4.78, 5) is 29.4. The molecule has 0 saturated heterocycles. The summed E-state index contributed by atoms with van der Waals surface area (Å²) < 4.78 is 17.6. The van der Waals surface area contributed by atoms with Crippen LogP contribution in [-0.2, 0) is 16.2 Å². The SMILES string of the molecule is CCOc1cc([C@@H]2C3=C(C[C@H](c4ccc(OC)cc4)CC3=O)Nc3ccccc3N2C(C)=O)ccc1OCc1ccc(Cl)cc1. The van der Waals surface area contributed by atoms with Gasteiger partial charge in [-0.2, -0.15) is 0 Å². The van der Waals surface area contributed by atoms with E-state index in [0.29, 0.717) is 53.8 Å². The van der Waals surface area contributed by atoms with E-state index in [1.165, 1.54) is 6.92 Å². The molecule has 1 aliphatic heterocycles. The number of anilines is 2. The third-order valence-electron chi connectivity index (χ3n) is 8.31. The number of nitrogens with one attached hydrogen (secondary N) is 1. The maximum absolute atomic E-state index is 14.2. The van der Waals surface area contributed by atoms with E-state index in [0.717, 1.165) is 33.8 Å². The second kappa shape index (κ2) is 13.1. The molecule has 0 radical (unpaired) electrons. The normalized spacial score (nSPS) is 17.5. The van der Waals surface area contributed by atoms with Gasteiger partial charge in [0.25, 0.3) is 0 Å². The van der Waals surface area contributed by atoms with Crippen molar-refractivity contribution >= 4 is 34.7 Å². The van der Waals surface area contributed by atoms with Gasteiger partial charge in [-0.25, -0.2) is 0 Å². The van der Waals surface area contributed by atoms with Crippen LogP contribution in [0, 0.1) is 0 Å². The average molecular weight is 623 g/mol. The van der Waals surface area contributed by atoms with Gasteiger partial charge in [0.15, 0.2) is 17.3 Å². The van der Waals surface area contributed by atoms with Gasteiger partial charge in [0.1, 0.15) is 12.4 Å². The van der Waals surface area contributed by atoms with Crippen molar-refractivity contribution in [3.8, 4) is 17.2 Å². The van der Waals surface area contributed by atoms with E-state index < -0.39 is 6.04 Å². The van der Waals surface area contributed by atoms with Crippen molar-refractivity contribution in [2.45, 2.75) is 45.3 Å². The molecule has 1 N–H and O–H groups in total. The summed E-state index contributed by atoms with van der Waals surface area (Å²) in [5.41, 5.74) is 5.68. The van der Waals surface area contributed by atoms with E-state index in [-0.39, 0.29) is 17.6 Å². The number of benzene rings is 4. The van der Waals surface area contributed by atoms with Gasteiger partial charge in [-0.15, -0.1) is 0 Å². The monoisotopic (exact) mass is 622 g/mol. The van der Waals surface area contributed by atoms with Crippen LogP contribution in [0.3, 0.4) is 0 Å². The number of methoxy groups -OCH3 is 1. The van der Waals surface area contributed by atoms with Crippen LogP contribution in [-0.4, -0.2) is 25.4 Å². The van der Waals surface area contributed by atoms with Gasteiger partial charge >= 0.3 is 0 Å². The maximum atomic E-state index is 14.2. The number of carbonyl (C=O) groups excluding carboxylic acids is 2. The number of ketones is 1. The smallest absolute Gasteiger partial charge is 0.224 e. The summed E-state index contributed by atoms with van der Waals surface area (Å²) in [7, 11) is 1.64. The van der Waals surface area contributed by atoms with Gasteiger partial charge in [0.05, 0.1) is 31.1 Å². The summed E-state index contributed by atoms with van der Waals surface area (Å²) in [6.07, 6.45) is 0.941. The number of nitrogens with zero attached hydrogens (tertiary/aromatic N) is 1. The molecule has 1 heterocycles. The van der Waals surface area contributed by atoms with Crippen LogP contribution < -0.4 is 24.4 Å². The number of amides is 1. The zero-order valence-electron chi connectivity index (χ0n) is 25.5. The van der Waals surface area contributed by atoms with Crippen molar-refractivity contribution in [1.29, 1.82) is 0 Å². The third-order valence-corrected chi connectivity index (χ3v) is 8.56. The van der Waals surface area contributed by atoms with Gasteiger partial charge in [0, 0.05) is 29.6 Å². The van der Waals surface area contributed by atoms with Crippen LogP contribution in [0.15, 0.2) is 102 Å². The molecule has 230 valence electrons. The van der Waals surface area contributed by atoms with E-state index in [2.05, 4.69) is 5.32 Å². The second-order valence-corrected chi connectivity index (χ2v) is 11.6. The fraction of sp³-hybridized carbons (Fsp3) is 0.243. The molecule has 0 fully saturated rings. The van der Waals surface area contributed by atoms with E-state index in [9.17, 15) is 9.59 Å². The first kappa shape index (κ1) is 30.3. The highest BCUT2D eigenvalue weighted by molar-refractivity contribution is 6.30. The van der Waals surface area contributed by atoms with Crippen LogP contribution >= 0.6 is 11.6 Å². The number of Topliss-reactive ketones (excluding diaryl/α,β-unsaturated/α-hetero) is 1. The minimum Gasteiger partial charge on any atom is -0.497 e. The van der Waals surface area contributed by atoms with Crippen molar-refractivity contribution in [2.24, 2.45) is 0 Å². The third kappa shape index (κ3) is 6.26. The molecule has 2 atom stereocenters. The first-order valence-corrected chi connectivity index (χ1v) is 15.4. The van der Waals surface area contributed by atoms with E-state index >= 15 is 0 Å². The molecule has 7 nitrogen and oxygen atoms in total. The lowest BCUT2D eigenvalue weighted by molar-refractivity contribution is -0.117. The molecule has 0 spiro atoms. The Labute approximate surface area is 268 Å². The predicted octanol–water partition coefficient (Wildman–Crippen LogP) is 8.25. The van der Waals surface area contributed by atoms with Crippen LogP contribution in [0.25, 0.3) is 0 Å². The Kier molecular flexibility index (Phi) is 8.80. The van der Waals surface area contributed by atoms with Crippen LogP contribution in [0.5, 0.6) is 17.2 Å². The lowest BCUT2D eigenvalue weighted by Gasteiger charge is -2.35. The standard InChI is InChI=1S/C37H35ClN2O5/c1-4-44-35-21-26(13-18-34(35)45-22-24-9-14-28(38)15-10-24)37-36-31(39-30-7-5-6-8-32(30)40(37)23(2)41)19-27(20-33(36)42)25-11-16-29(43-3)17-12-25/h5-18,21,27,37,39H,4,19-20,22H2,1-3H3/t27-,37+/m0/s1. The van der Waals surface area contributed by atoms with Crippen molar-refractivity contribution in [3.05, 3.63) is 124 Å². The minimum absolute atomic E-state index is 0.00495. The van der Waals surface area contributed by atoms with E-state index in [1.54, 1.807) is 12.0 Å². The molecule has 6 rings (SSSR count). The predicted molar refractivity (Wildman–Crippen MR) is 176 cm³/mol. The van der Waals surface area contributed by atoms with E-state index in [4.69, 9.17) is 25.8 Å². The zero-order valence-corrected chi connectivity index (χ0v) is 26.3. The molecule has 2 aliphatic rings. The summed E-state index contributed by atoms with van der Waals surface area (Å²) >= 11 is 6.05. The Morgan fingerprint density at radius 1 is 0.911 bits per heavy atom. The number of fused-ring (bicyclic) bond motifs is 1. The van der Waals surface area contributed by atoms with Gasteiger partial charge < -0.3 is 19.5 Å². The lowest BCUT2D eigenvalue weighted by atomic mass is 9.78. The highest BCUT2D eigenvalue weighted by Crippen LogP contribution is 2.48. The van der Waals surface area contributed by atoms with Gasteiger partial charge in [-0.1, -0.05) is 54.1 Å². The van der Waals surface area contributed by atoms with Gasteiger partial charge in [0.2, 0.25) is 5.91 Å². The molecule has 45 heavy (non-hydrogen) atoms. The van der Waals surface area contributed by atoms with E-state index in [1.807, 2.05) is 97.9 Å². The fourth-order valence-corrected chi connectivity index (χ4v) is 6.32. The molecule has 0 bridgehead atoms. The summed E-state index contributed by atoms with van der Waals surface area (Å²) in [5, 5.41) is 4.23. The fourth-order valence-electron chi connectivity index (χ4n) is 6.19. The topological polar surface area (TPSA) is 77.1 Å². The van der Waals surface area contributed by atoms with Crippen molar-refractivity contribution < 1.29 is 23.8 Å². The largest absolute Gasteiger partial charge is 0.497 e. The Morgan fingerprint density at radius 3 is 2.36 bits per heavy atom. The summed E-state index contributed by atoms with van der Waals surface area (Å²) in [5.74, 6) is 1.68. The number of rotatable bonds is 8. The Morgan fingerprint density at radius 2 is 1.64 bits per heavy atom. The molecule has 4 aromatic rings. The molecule has 1 amide bonds. The van der Waals surface area contributed by atoms with Crippen LogP contribution in [0.1, 0.15) is 55.3 Å². The molecule has 1 aliphatic carbocycles. The van der Waals surface area contributed by atoms with Gasteiger partial charge in [-0.3, -0.25) is 14.5 Å². The summed E-state index contributed by atoms with van der Waals surface area (Å²) in [6.45, 7) is 4.20. The number of hydrogen-bond donors (Lipinski definition) is 1. The number of allylic oxidation sites excluding steroid dienone is 1. The van der Waals surface area contributed by atoms with Gasteiger partial charge in [-0.05, 0) is 84.5 Å². The Bertz CT molecular complexity index is 1750. The number of ether oxygens (including phenoxy) is 3. The molecular formula is C37H35ClN2O5. The number of carbonyl (C=O) groups is 2. The average Bonchev–Trinajstić information content (AvgIpc) is 3.20. The quantitative estimate of drug-likeness (QED) is 0.213. The molecule has 8 heteroatoms. The number of halogens is 1. The Balaban J connectivity index is 1.43. The molecular weight excluding hydrogens is 588 g/mol. The Hall–Kier alpha value is -4.75. The molecule has 0 unspecified atom stereocenters. The maximum Gasteiger partial charge on any atom is 0.224 e. The minimum atomic E-state index is -0.664. The second-order valence-electron chi connectivity index (χ2n) is 11.2. The lowest BCUT2D eigenvalue weighted by Crippen LogP contribution is -2.37. The molecule has 4 aromatic carbocycles. The van der Waals surface area contributed by atoms with Crippen molar-refractivity contribution in [2.75, 3.05) is 23.9 Å². The highest BCUT2D eigenvalue weighted by atomic mass is 35.5. The van der Waals surface area contributed by atoms with Crippen LogP contribution in [0.4, 0.5) is 11.4 Å².